The molecule has 0 aliphatic heterocycles. The van der Waals surface area contributed by atoms with E-state index in [1.807, 2.05) is 30.3 Å². The van der Waals surface area contributed by atoms with Gasteiger partial charge in [0, 0.05) is 17.0 Å². The Morgan fingerprint density at radius 1 is 0.909 bits per heavy atom. The maximum absolute atomic E-state index is 12.6. The van der Waals surface area contributed by atoms with Gasteiger partial charge in [-0.15, -0.1) is 0 Å². The van der Waals surface area contributed by atoms with Crippen molar-refractivity contribution in [2.75, 3.05) is 0 Å². The van der Waals surface area contributed by atoms with Crippen LogP contribution in [0, 0.1) is 0 Å². The standard InChI is InChI=1S/C18H12N2O2/c21-17-14-7-3-4-8-15(14)19-18(22)16(17)20-10-9-12-5-1-2-6-13(12)11-20/h1-11H,(H-,19,21,22). The van der Waals surface area contributed by atoms with Crippen LogP contribution in [-0.4, -0.2) is 4.98 Å². The Morgan fingerprint density at radius 3 is 2.50 bits per heavy atom. The Balaban J connectivity index is 2.05. The number of benzene rings is 2. The molecule has 106 valence electrons. The number of rotatable bonds is 1. The van der Waals surface area contributed by atoms with E-state index in [1.54, 1.807) is 41.2 Å². The molecule has 4 nitrogen and oxygen atoms in total. The Hall–Kier alpha value is -3.14. The molecule has 2 aromatic heterocycles. The Kier molecular flexibility index (Phi) is 2.69. The van der Waals surface area contributed by atoms with Gasteiger partial charge in [0.25, 0.3) is 5.69 Å². The number of hydrogen-bond donors (Lipinski definition) is 1. The predicted molar refractivity (Wildman–Crippen MR) is 83.1 cm³/mol. The van der Waals surface area contributed by atoms with Crippen LogP contribution in [0.25, 0.3) is 27.4 Å². The van der Waals surface area contributed by atoms with E-state index < -0.39 is 0 Å². The van der Waals surface area contributed by atoms with E-state index >= 15 is 0 Å². The van der Waals surface area contributed by atoms with E-state index in [2.05, 4.69) is 4.98 Å². The fourth-order valence-corrected chi connectivity index (χ4v) is 2.71. The zero-order valence-corrected chi connectivity index (χ0v) is 11.6. The molecule has 0 amide bonds. The highest BCUT2D eigenvalue weighted by molar-refractivity contribution is 5.86. The van der Waals surface area contributed by atoms with Gasteiger partial charge in [-0.2, -0.15) is 4.57 Å². The fourth-order valence-electron chi connectivity index (χ4n) is 2.71. The van der Waals surface area contributed by atoms with Crippen molar-refractivity contribution >= 4 is 21.7 Å². The second kappa shape index (κ2) is 4.70. The number of nitrogens with one attached hydrogen (secondary N) is 1. The van der Waals surface area contributed by atoms with Crippen molar-refractivity contribution in [1.29, 1.82) is 0 Å². The molecule has 0 bridgehead atoms. The number of aromatic nitrogens is 2. The lowest BCUT2D eigenvalue weighted by Gasteiger charge is -2.11. The maximum atomic E-state index is 12.6. The second-order valence-electron chi connectivity index (χ2n) is 5.16. The van der Waals surface area contributed by atoms with Crippen LogP contribution in [0.5, 0.6) is 5.75 Å². The van der Waals surface area contributed by atoms with Gasteiger partial charge in [0.2, 0.25) is 0 Å². The van der Waals surface area contributed by atoms with Gasteiger partial charge in [0.05, 0.1) is 0 Å². The van der Waals surface area contributed by atoms with Crippen LogP contribution in [0.4, 0.5) is 0 Å². The third-order valence-electron chi connectivity index (χ3n) is 3.80. The van der Waals surface area contributed by atoms with E-state index in [0.717, 1.165) is 10.8 Å². The topological polar surface area (TPSA) is 59.8 Å². The molecule has 0 atom stereocenters. The quantitative estimate of drug-likeness (QED) is 0.545. The lowest BCUT2D eigenvalue weighted by molar-refractivity contribution is -0.599. The van der Waals surface area contributed by atoms with E-state index in [1.165, 1.54) is 0 Å². The van der Waals surface area contributed by atoms with Crippen molar-refractivity contribution in [1.82, 2.24) is 4.98 Å². The number of H-pyrrole nitrogens is 1. The molecule has 0 unspecified atom stereocenters. The van der Waals surface area contributed by atoms with Gasteiger partial charge in [-0.25, -0.2) is 0 Å². The number of para-hydroxylation sites is 1. The number of fused-ring (bicyclic) bond motifs is 2. The summed E-state index contributed by atoms with van der Waals surface area (Å²) in [6.07, 6.45) is 3.54. The first-order valence-corrected chi connectivity index (χ1v) is 6.96. The molecule has 2 aromatic carbocycles. The predicted octanol–water partition coefficient (Wildman–Crippen LogP) is 2.03. The average Bonchev–Trinajstić information content (AvgIpc) is 2.55. The van der Waals surface area contributed by atoms with E-state index in [4.69, 9.17) is 0 Å². The highest BCUT2D eigenvalue weighted by Gasteiger charge is 2.15. The monoisotopic (exact) mass is 288 g/mol. The normalized spacial score (nSPS) is 11.1. The molecule has 0 fully saturated rings. The van der Waals surface area contributed by atoms with Crippen molar-refractivity contribution in [2.45, 2.75) is 0 Å². The van der Waals surface area contributed by atoms with E-state index in [9.17, 15) is 9.90 Å². The van der Waals surface area contributed by atoms with Crippen LogP contribution in [0.1, 0.15) is 0 Å². The van der Waals surface area contributed by atoms with Crippen LogP contribution in [0.15, 0.2) is 71.8 Å². The third-order valence-corrected chi connectivity index (χ3v) is 3.80. The van der Waals surface area contributed by atoms with Gasteiger partial charge in [-0.3, -0.25) is 4.79 Å². The molecule has 4 aromatic rings. The van der Waals surface area contributed by atoms with Crippen molar-refractivity contribution in [2.24, 2.45) is 0 Å². The summed E-state index contributed by atoms with van der Waals surface area (Å²) in [4.78, 5) is 15.1. The molecule has 0 aliphatic carbocycles. The van der Waals surface area contributed by atoms with Crippen molar-refractivity contribution in [3.8, 4) is 11.4 Å². The first-order chi connectivity index (χ1) is 10.7. The van der Waals surface area contributed by atoms with Gasteiger partial charge >= 0.3 is 5.56 Å². The first-order valence-electron chi connectivity index (χ1n) is 6.96. The molecule has 4 rings (SSSR count). The number of pyridine rings is 2. The summed E-state index contributed by atoms with van der Waals surface area (Å²) < 4.78 is 1.59. The van der Waals surface area contributed by atoms with Crippen LogP contribution in [0.2, 0.25) is 0 Å². The first kappa shape index (κ1) is 12.6. The highest BCUT2D eigenvalue weighted by atomic mass is 16.3. The SMILES string of the molecule is O=c1[nH]c2ccccc2c([O-])c1-[n+]1ccc2ccccc2c1. The zero-order chi connectivity index (χ0) is 15.1. The Labute approximate surface area is 125 Å². The minimum atomic E-state index is -0.385. The van der Waals surface area contributed by atoms with Gasteiger partial charge in [0.1, 0.15) is 0 Å². The van der Waals surface area contributed by atoms with Crippen LogP contribution >= 0.6 is 0 Å². The minimum absolute atomic E-state index is 0.115. The highest BCUT2D eigenvalue weighted by Crippen LogP contribution is 2.22. The molecule has 0 spiro atoms. The lowest BCUT2D eigenvalue weighted by Crippen LogP contribution is -2.38. The number of nitrogens with zero attached hydrogens (tertiary/aromatic N) is 1. The molecule has 0 aliphatic rings. The zero-order valence-electron chi connectivity index (χ0n) is 11.6. The van der Waals surface area contributed by atoms with Gasteiger partial charge in [0.15, 0.2) is 12.4 Å². The number of hydrogen-bond acceptors (Lipinski definition) is 2. The molecule has 0 radical (unpaired) electrons. The molecule has 22 heavy (non-hydrogen) atoms. The average molecular weight is 288 g/mol. The van der Waals surface area contributed by atoms with E-state index in [0.29, 0.717) is 10.9 Å². The number of aromatic amines is 1. The summed E-state index contributed by atoms with van der Waals surface area (Å²) >= 11 is 0. The Bertz CT molecular complexity index is 1070. The van der Waals surface area contributed by atoms with Crippen LogP contribution in [-0.2, 0) is 0 Å². The van der Waals surface area contributed by atoms with Crippen LogP contribution in [0.3, 0.4) is 0 Å². The third kappa shape index (κ3) is 1.85. The summed E-state index contributed by atoms with van der Waals surface area (Å²) in [6.45, 7) is 0. The van der Waals surface area contributed by atoms with Gasteiger partial charge < -0.3 is 10.1 Å². The Morgan fingerprint density at radius 2 is 1.64 bits per heavy atom. The second-order valence-corrected chi connectivity index (χ2v) is 5.16. The molecular weight excluding hydrogens is 276 g/mol. The summed E-state index contributed by atoms with van der Waals surface area (Å²) in [7, 11) is 0. The molecule has 4 heteroatoms. The van der Waals surface area contributed by atoms with Crippen molar-refractivity contribution in [3.05, 3.63) is 77.3 Å². The summed E-state index contributed by atoms with van der Waals surface area (Å²) in [5, 5.41) is 15.2. The molecule has 0 saturated carbocycles. The fraction of sp³-hybridized carbons (Fsp3) is 0. The minimum Gasteiger partial charge on any atom is -0.867 e. The molecule has 1 N–H and O–H groups in total. The van der Waals surface area contributed by atoms with Gasteiger partial charge in [-0.05, 0) is 28.7 Å². The van der Waals surface area contributed by atoms with Crippen LogP contribution < -0.4 is 15.2 Å². The van der Waals surface area contributed by atoms with Crippen molar-refractivity contribution < 1.29 is 9.67 Å². The smallest absolute Gasteiger partial charge is 0.320 e. The molecule has 0 saturated heterocycles. The summed E-state index contributed by atoms with van der Waals surface area (Å²) in [6, 6.07) is 16.7. The van der Waals surface area contributed by atoms with Gasteiger partial charge in [-0.1, -0.05) is 36.4 Å². The molecular formula is C18H12N2O2. The largest absolute Gasteiger partial charge is 0.867 e. The molecule has 2 heterocycles. The van der Waals surface area contributed by atoms with E-state index in [-0.39, 0.29) is 17.0 Å². The summed E-state index contributed by atoms with van der Waals surface area (Å²) in [5.41, 5.74) is 0.288. The summed E-state index contributed by atoms with van der Waals surface area (Å²) in [5.74, 6) is -0.264. The maximum Gasteiger partial charge on any atom is 0.320 e. The lowest BCUT2D eigenvalue weighted by atomic mass is 10.1. The van der Waals surface area contributed by atoms with Crippen molar-refractivity contribution in [3.63, 3.8) is 0 Å².